The van der Waals surface area contributed by atoms with Crippen LogP contribution in [-0.4, -0.2) is 41.5 Å². The third kappa shape index (κ3) is 6.24. The maximum Gasteiger partial charge on any atom is 0.295 e. The van der Waals surface area contributed by atoms with Crippen molar-refractivity contribution in [1.82, 2.24) is 4.90 Å². The number of ether oxygens (including phenoxy) is 3. The SMILES string of the molecule is CCOc1ccc(/C(O)=C2\C(=O)C(=O)N(Cc3ccccc3OC)C2c2cccc(OC(C)C)c2)cc1C(C)(C)C. The normalized spacial score (nSPS) is 16.8. The molecule has 1 unspecified atom stereocenters. The van der Waals surface area contributed by atoms with Crippen molar-refractivity contribution in [2.45, 2.75) is 65.6 Å². The van der Waals surface area contributed by atoms with E-state index >= 15 is 0 Å². The summed E-state index contributed by atoms with van der Waals surface area (Å²) >= 11 is 0. The lowest BCUT2D eigenvalue weighted by Crippen LogP contribution is -2.29. The summed E-state index contributed by atoms with van der Waals surface area (Å²) in [6.07, 6.45) is -0.0649. The fourth-order valence-corrected chi connectivity index (χ4v) is 5.14. The van der Waals surface area contributed by atoms with E-state index in [2.05, 4.69) is 20.8 Å². The minimum absolute atomic E-state index is 0.0237. The Balaban J connectivity index is 1.91. The third-order valence-corrected chi connectivity index (χ3v) is 6.98. The molecule has 1 amide bonds. The van der Waals surface area contributed by atoms with Crippen molar-refractivity contribution in [3.63, 3.8) is 0 Å². The Hall–Kier alpha value is -4.26. The molecule has 1 atom stereocenters. The number of aliphatic hydroxyl groups excluding tert-OH is 1. The van der Waals surface area contributed by atoms with Crippen LogP contribution in [0.25, 0.3) is 5.76 Å². The van der Waals surface area contributed by atoms with E-state index in [-0.39, 0.29) is 29.4 Å². The summed E-state index contributed by atoms with van der Waals surface area (Å²) in [6, 6.07) is 19.2. The number of Topliss-reactive ketones (excluding diaryl/α,β-unsaturated/α-hetero) is 1. The molecule has 0 aromatic heterocycles. The molecular formula is C34H39NO6. The van der Waals surface area contributed by atoms with Crippen molar-refractivity contribution < 1.29 is 28.9 Å². The number of aliphatic hydroxyl groups is 1. The number of likely N-dealkylation sites (tertiary alicyclic amines) is 1. The summed E-state index contributed by atoms with van der Waals surface area (Å²) in [7, 11) is 1.57. The molecule has 1 aliphatic rings. The van der Waals surface area contributed by atoms with Crippen molar-refractivity contribution in [1.29, 1.82) is 0 Å². The number of rotatable bonds is 9. The number of carbonyl (C=O) groups excluding carboxylic acids is 2. The number of methoxy groups -OCH3 is 1. The van der Waals surface area contributed by atoms with E-state index in [0.29, 0.717) is 35.0 Å². The van der Waals surface area contributed by atoms with Crippen LogP contribution in [0.1, 0.15) is 69.8 Å². The lowest BCUT2D eigenvalue weighted by Gasteiger charge is -2.27. The monoisotopic (exact) mass is 557 g/mol. The fraction of sp³-hybridized carbons (Fsp3) is 0.353. The highest BCUT2D eigenvalue weighted by Crippen LogP contribution is 2.43. The third-order valence-electron chi connectivity index (χ3n) is 6.98. The van der Waals surface area contributed by atoms with Gasteiger partial charge in [0, 0.05) is 16.7 Å². The summed E-state index contributed by atoms with van der Waals surface area (Å²) in [5.74, 6) is 0.245. The van der Waals surface area contributed by atoms with Gasteiger partial charge < -0.3 is 24.2 Å². The molecule has 0 radical (unpaired) electrons. The molecule has 4 rings (SSSR count). The summed E-state index contributed by atoms with van der Waals surface area (Å²) in [5, 5.41) is 11.7. The highest BCUT2D eigenvalue weighted by molar-refractivity contribution is 6.46. The van der Waals surface area contributed by atoms with E-state index in [0.717, 1.165) is 11.1 Å². The zero-order chi connectivity index (χ0) is 29.9. The van der Waals surface area contributed by atoms with Crippen LogP contribution in [0, 0.1) is 0 Å². The van der Waals surface area contributed by atoms with Gasteiger partial charge in [0.1, 0.15) is 23.0 Å². The van der Waals surface area contributed by atoms with Crippen LogP contribution in [0.5, 0.6) is 17.2 Å². The average molecular weight is 558 g/mol. The molecular weight excluding hydrogens is 518 g/mol. The van der Waals surface area contributed by atoms with E-state index in [9.17, 15) is 14.7 Å². The molecule has 3 aromatic rings. The first-order valence-corrected chi connectivity index (χ1v) is 13.9. The lowest BCUT2D eigenvalue weighted by molar-refractivity contribution is -0.140. The summed E-state index contributed by atoms with van der Waals surface area (Å²) in [5.41, 5.74) is 2.45. The topological polar surface area (TPSA) is 85.3 Å². The van der Waals surface area contributed by atoms with Crippen molar-refractivity contribution in [3.8, 4) is 17.2 Å². The Kier molecular flexibility index (Phi) is 8.76. The van der Waals surface area contributed by atoms with Crippen molar-refractivity contribution in [3.05, 3.63) is 94.6 Å². The van der Waals surface area contributed by atoms with Gasteiger partial charge in [-0.25, -0.2) is 0 Å². The molecule has 1 N–H and O–H groups in total. The van der Waals surface area contributed by atoms with Gasteiger partial charge in [-0.2, -0.15) is 0 Å². The molecule has 1 saturated heterocycles. The fourth-order valence-electron chi connectivity index (χ4n) is 5.14. The minimum Gasteiger partial charge on any atom is -0.507 e. The predicted octanol–water partition coefficient (Wildman–Crippen LogP) is 6.80. The molecule has 0 spiro atoms. The van der Waals surface area contributed by atoms with Crippen LogP contribution >= 0.6 is 0 Å². The average Bonchev–Trinajstić information content (AvgIpc) is 3.17. The Labute approximate surface area is 242 Å². The van der Waals surface area contributed by atoms with Gasteiger partial charge in [-0.15, -0.1) is 0 Å². The molecule has 216 valence electrons. The minimum atomic E-state index is -0.847. The second-order valence-corrected chi connectivity index (χ2v) is 11.4. The van der Waals surface area contributed by atoms with Crippen LogP contribution in [0.3, 0.4) is 0 Å². The Morgan fingerprint density at radius 2 is 1.71 bits per heavy atom. The highest BCUT2D eigenvalue weighted by Gasteiger charge is 2.46. The van der Waals surface area contributed by atoms with Crippen molar-refractivity contribution in [2.24, 2.45) is 0 Å². The second kappa shape index (κ2) is 12.1. The smallest absolute Gasteiger partial charge is 0.295 e. The van der Waals surface area contributed by atoms with Gasteiger partial charge in [0.25, 0.3) is 11.7 Å². The quantitative estimate of drug-likeness (QED) is 0.177. The lowest BCUT2D eigenvalue weighted by atomic mass is 9.84. The molecule has 41 heavy (non-hydrogen) atoms. The summed E-state index contributed by atoms with van der Waals surface area (Å²) in [4.78, 5) is 28.8. The molecule has 0 saturated carbocycles. The maximum absolute atomic E-state index is 13.7. The van der Waals surface area contributed by atoms with E-state index in [1.165, 1.54) is 4.90 Å². The van der Waals surface area contributed by atoms with Crippen molar-refractivity contribution in [2.75, 3.05) is 13.7 Å². The number of ketones is 1. The van der Waals surface area contributed by atoms with Gasteiger partial charge in [-0.1, -0.05) is 51.1 Å². The molecule has 7 heteroatoms. The Morgan fingerprint density at radius 1 is 0.976 bits per heavy atom. The van der Waals surface area contributed by atoms with Crippen LogP contribution < -0.4 is 14.2 Å². The molecule has 1 aliphatic heterocycles. The van der Waals surface area contributed by atoms with Crippen LogP contribution in [0.4, 0.5) is 0 Å². The molecule has 0 bridgehead atoms. The van der Waals surface area contributed by atoms with Crippen LogP contribution in [0.15, 0.2) is 72.3 Å². The summed E-state index contributed by atoms with van der Waals surface area (Å²) < 4.78 is 17.3. The number of hydrogen-bond donors (Lipinski definition) is 1. The molecule has 7 nitrogen and oxygen atoms in total. The largest absolute Gasteiger partial charge is 0.507 e. The Bertz CT molecular complexity index is 1470. The molecule has 1 fully saturated rings. The van der Waals surface area contributed by atoms with E-state index in [4.69, 9.17) is 14.2 Å². The molecule has 0 aliphatic carbocycles. The number of amides is 1. The van der Waals surface area contributed by atoms with Gasteiger partial charge >= 0.3 is 0 Å². The number of para-hydroxylation sites is 1. The van der Waals surface area contributed by atoms with E-state index in [1.54, 1.807) is 19.2 Å². The van der Waals surface area contributed by atoms with Crippen LogP contribution in [-0.2, 0) is 21.5 Å². The highest BCUT2D eigenvalue weighted by atomic mass is 16.5. The summed E-state index contributed by atoms with van der Waals surface area (Å²) in [6.45, 7) is 12.6. The predicted molar refractivity (Wildman–Crippen MR) is 159 cm³/mol. The van der Waals surface area contributed by atoms with Gasteiger partial charge in [0.2, 0.25) is 0 Å². The standard InChI is InChI=1S/C34H39NO6/c1-8-40-28-17-16-23(19-26(28)34(4,5)6)31(36)29-30(22-13-11-14-25(18-22)41-21(2)3)35(33(38)32(29)37)20-24-12-9-10-15-27(24)39-7/h9-19,21,30,36H,8,20H2,1-7H3/b31-29+. The zero-order valence-electron chi connectivity index (χ0n) is 24.9. The van der Waals surface area contributed by atoms with Gasteiger partial charge in [-0.05, 0) is 68.1 Å². The first-order valence-electron chi connectivity index (χ1n) is 13.9. The number of benzene rings is 3. The van der Waals surface area contributed by atoms with Crippen LogP contribution in [0.2, 0.25) is 0 Å². The number of hydrogen-bond acceptors (Lipinski definition) is 6. The first-order chi connectivity index (χ1) is 19.5. The zero-order valence-corrected chi connectivity index (χ0v) is 24.9. The van der Waals surface area contributed by atoms with Gasteiger partial charge in [0.05, 0.1) is 38.0 Å². The second-order valence-electron chi connectivity index (χ2n) is 11.4. The first kappa shape index (κ1) is 29.7. The Morgan fingerprint density at radius 3 is 2.37 bits per heavy atom. The van der Waals surface area contributed by atoms with Crippen molar-refractivity contribution >= 4 is 17.4 Å². The molecule has 1 heterocycles. The van der Waals surface area contributed by atoms with Gasteiger partial charge in [-0.3, -0.25) is 9.59 Å². The number of carbonyl (C=O) groups is 2. The maximum atomic E-state index is 13.7. The van der Waals surface area contributed by atoms with E-state index in [1.807, 2.05) is 75.4 Å². The van der Waals surface area contributed by atoms with Gasteiger partial charge in [0.15, 0.2) is 0 Å². The van der Waals surface area contributed by atoms with E-state index < -0.39 is 17.7 Å². The molecule has 3 aromatic carbocycles. The number of nitrogens with zero attached hydrogens (tertiary/aromatic N) is 1.